The van der Waals surface area contributed by atoms with Gasteiger partial charge >= 0.3 is 0 Å². The lowest BCUT2D eigenvalue weighted by molar-refractivity contribution is 0.409. The van der Waals surface area contributed by atoms with Gasteiger partial charge in [0.1, 0.15) is 9.84 Å². The highest BCUT2D eigenvalue weighted by molar-refractivity contribution is 7.91. The van der Waals surface area contributed by atoms with Crippen LogP contribution in [0.5, 0.6) is 0 Å². The van der Waals surface area contributed by atoms with Crippen LogP contribution in [-0.4, -0.2) is 34.5 Å². The van der Waals surface area contributed by atoms with Crippen LogP contribution in [0.1, 0.15) is 25.5 Å². The standard InChI is InChI=1S/C12H15N3O2S/c1-12(4-7-18(16,17)8-5-12)10-9-15-11(14-10)3-2-6-13-15/h2-3,6,9H,4-5,7-8H2,1H3. The van der Waals surface area contributed by atoms with Crippen LogP contribution in [-0.2, 0) is 15.3 Å². The summed E-state index contributed by atoms with van der Waals surface area (Å²) in [6.45, 7) is 2.09. The molecule has 2 aromatic rings. The van der Waals surface area contributed by atoms with Crippen LogP contribution in [0.3, 0.4) is 0 Å². The van der Waals surface area contributed by atoms with E-state index >= 15 is 0 Å². The third kappa shape index (κ3) is 1.90. The van der Waals surface area contributed by atoms with Gasteiger partial charge in [-0.05, 0) is 25.0 Å². The number of fused-ring (bicyclic) bond motifs is 1. The summed E-state index contributed by atoms with van der Waals surface area (Å²) in [7, 11) is -2.84. The maximum Gasteiger partial charge on any atom is 0.153 e. The van der Waals surface area contributed by atoms with Gasteiger partial charge in [0.05, 0.1) is 23.4 Å². The summed E-state index contributed by atoms with van der Waals surface area (Å²) < 4.78 is 24.7. The van der Waals surface area contributed by atoms with Gasteiger partial charge in [0.15, 0.2) is 5.65 Å². The minimum absolute atomic E-state index is 0.154. The highest BCUT2D eigenvalue weighted by Crippen LogP contribution is 2.35. The van der Waals surface area contributed by atoms with Crippen LogP contribution in [0.15, 0.2) is 24.5 Å². The van der Waals surface area contributed by atoms with E-state index in [9.17, 15) is 8.42 Å². The monoisotopic (exact) mass is 265 g/mol. The predicted octanol–water partition coefficient (Wildman–Crippen LogP) is 1.20. The highest BCUT2D eigenvalue weighted by Gasteiger charge is 2.36. The number of rotatable bonds is 1. The summed E-state index contributed by atoms with van der Waals surface area (Å²) in [6, 6.07) is 3.75. The molecule has 0 amide bonds. The Morgan fingerprint density at radius 3 is 2.72 bits per heavy atom. The van der Waals surface area contributed by atoms with Crippen LogP contribution in [0, 0.1) is 0 Å². The molecule has 0 bridgehead atoms. The van der Waals surface area contributed by atoms with Crippen LogP contribution in [0.25, 0.3) is 5.65 Å². The molecule has 18 heavy (non-hydrogen) atoms. The molecule has 2 aromatic heterocycles. The van der Waals surface area contributed by atoms with Crippen molar-refractivity contribution in [3.63, 3.8) is 0 Å². The van der Waals surface area contributed by atoms with E-state index in [-0.39, 0.29) is 16.9 Å². The van der Waals surface area contributed by atoms with Crippen LogP contribution < -0.4 is 0 Å². The third-order valence-corrected chi connectivity index (χ3v) is 5.44. The molecule has 0 N–H and O–H groups in total. The van der Waals surface area contributed by atoms with Crippen molar-refractivity contribution >= 4 is 15.5 Å². The van der Waals surface area contributed by atoms with E-state index in [2.05, 4.69) is 17.0 Å². The second-order valence-corrected chi connectivity index (χ2v) is 7.47. The Bertz CT molecular complexity index is 643. The first kappa shape index (κ1) is 11.6. The topological polar surface area (TPSA) is 64.3 Å². The second-order valence-electron chi connectivity index (χ2n) is 5.17. The lowest BCUT2D eigenvalue weighted by Crippen LogP contribution is -2.34. The van der Waals surface area contributed by atoms with Gasteiger partial charge in [0.25, 0.3) is 0 Å². The fourth-order valence-electron chi connectivity index (χ4n) is 2.37. The van der Waals surface area contributed by atoms with Crippen LogP contribution >= 0.6 is 0 Å². The molecule has 0 saturated carbocycles. The lowest BCUT2D eigenvalue weighted by Gasteiger charge is -2.31. The van der Waals surface area contributed by atoms with Gasteiger partial charge in [-0.1, -0.05) is 6.92 Å². The van der Waals surface area contributed by atoms with E-state index in [0.717, 1.165) is 11.3 Å². The molecule has 3 heterocycles. The molecule has 0 spiro atoms. The quantitative estimate of drug-likeness (QED) is 0.777. The maximum absolute atomic E-state index is 11.5. The van der Waals surface area contributed by atoms with E-state index in [1.807, 2.05) is 18.3 Å². The van der Waals surface area contributed by atoms with Crippen molar-refractivity contribution in [3.8, 4) is 0 Å². The number of aromatic nitrogens is 3. The molecule has 5 nitrogen and oxygen atoms in total. The number of imidazole rings is 1. The largest absolute Gasteiger partial charge is 0.232 e. The van der Waals surface area contributed by atoms with E-state index in [0.29, 0.717) is 12.8 Å². The van der Waals surface area contributed by atoms with Crippen molar-refractivity contribution in [1.29, 1.82) is 0 Å². The van der Waals surface area contributed by atoms with Crippen LogP contribution in [0.2, 0.25) is 0 Å². The van der Waals surface area contributed by atoms with Gasteiger partial charge in [0.2, 0.25) is 0 Å². The molecule has 0 aliphatic carbocycles. The smallest absolute Gasteiger partial charge is 0.153 e. The normalized spacial score (nSPS) is 22.1. The van der Waals surface area contributed by atoms with Gasteiger partial charge in [-0.3, -0.25) is 0 Å². The van der Waals surface area contributed by atoms with Crippen molar-refractivity contribution in [2.75, 3.05) is 11.5 Å². The minimum Gasteiger partial charge on any atom is -0.232 e. The third-order valence-electron chi connectivity index (χ3n) is 3.78. The van der Waals surface area contributed by atoms with E-state index < -0.39 is 9.84 Å². The Hall–Kier alpha value is -1.43. The van der Waals surface area contributed by atoms with Gasteiger partial charge < -0.3 is 0 Å². The Labute approximate surface area is 106 Å². The summed E-state index contributed by atoms with van der Waals surface area (Å²) in [6.07, 6.45) is 4.90. The molecule has 0 unspecified atom stereocenters. The lowest BCUT2D eigenvalue weighted by atomic mass is 9.81. The zero-order chi connectivity index (χ0) is 12.8. The zero-order valence-electron chi connectivity index (χ0n) is 10.2. The molecule has 1 saturated heterocycles. The Balaban J connectivity index is 1.99. The fourth-order valence-corrected chi connectivity index (χ4v) is 4.09. The minimum atomic E-state index is -2.84. The predicted molar refractivity (Wildman–Crippen MR) is 68.2 cm³/mol. The molecular formula is C12H15N3O2S. The van der Waals surface area contributed by atoms with Crippen molar-refractivity contribution < 1.29 is 8.42 Å². The first-order valence-electron chi connectivity index (χ1n) is 6.00. The number of sulfone groups is 1. The van der Waals surface area contributed by atoms with E-state index in [4.69, 9.17) is 0 Å². The van der Waals surface area contributed by atoms with Crippen molar-refractivity contribution in [3.05, 3.63) is 30.2 Å². The molecule has 1 fully saturated rings. The van der Waals surface area contributed by atoms with Crippen molar-refractivity contribution in [1.82, 2.24) is 14.6 Å². The van der Waals surface area contributed by atoms with Gasteiger partial charge in [-0.15, -0.1) is 0 Å². The molecule has 0 aromatic carbocycles. The van der Waals surface area contributed by atoms with Crippen LogP contribution in [0.4, 0.5) is 0 Å². The molecule has 96 valence electrons. The summed E-state index contributed by atoms with van der Waals surface area (Å²) in [4.78, 5) is 4.56. The van der Waals surface area contributed by atoms with E-state index in [1.54, 1.807) is 10.7 Å². The molecule has 0 atom stereocenters. The average Bonchev–Trinajstić information content (AvgIpc) is 2.78. The first-order chi connectivity index (χ1) is 8.49. The fraction of sp³-hybridized carbons (Fsp3) is 0.500. The van der Waals surface area contributed by atoms with Crippen molar-refractivity contribution in [2.24, 2.45) is 0 Å². The summed E-state index contributed by atoms with van der Waals surface area (Å²) in [5.41, 5.74) is 1.59. The Kier molecular flexibility index (Phi) is 2.45. The Morgan fingerprint density at radius 2 is 2.06 bits per heavy atom. The molecule has 3 rings (SSSR count). The summed E-state index contributed by atoms with van der Waals surface area (Å²) in [5, 5.41) is 4.19. The molecule has 1 aliphatic heterocycles. The highest BCUT2D eigenvalue weighted by atomic mass is 32.2. The van der Waals surface area contributed by atoms with E-state index in [1.165, 1.54) is 0 Å². The average molecular weight is 265 g/mol. The maximum atomic E-state index is 11.5. The number of nitrogens with zero attached hydrogens (tertiary/aromatic N) is 3. The molecule has 1 aliphatic rings. The zero-order valence-corrected chi connectivity index (χ0v) is 11.0. The molecule has 0 radical (unpaired) electrons. The first-order valence-corrected chi connectivity index (χ1v) is 7.82. The second kappa shape index (κ2) is 3.78. The van der Waals surface area contributed by atoms with Gasteiger partial charge in [-0.2, -0.15) is 5.10 Å². The molecule has 6 heteroatoms. The number of hydrogen-bond acceptors (Lipinski definition) is 4. The summed E-state index contributed by atoms with van der Waals surface area (Å²) >= 11 is 0. The number of hydrogen-bond donors (Lipinski definition) is 0. The molecular weight excluding hydrogens is 250 g/mol. The van der Waals surface area contributed by atoms with Crippen molar-refractivity contribution in [2.45, 2.75) is 25.2 Å². The SMILES string of the molecule is CC1(c2cn3ncccc3n2)CCS(=O)(=O)CC1. The summed E-state index contributed by atoms with van der Waals surface area (Å²) in [5.74, 6) is 0.510. The Morgan fingerprint density at radius 1 is 1.33 bits per heavy atom. The van der Waals surface area contributed by atoms with Gasteiger partial charge in [0, 0.05) is 11.6 Å². The van der Waals surface area contributed by atoms with Gasteiger partial charge in [-0.25, -0.2) is 17.9 Å².